The molecule has 1 amide bonds. The second-order valence-electron chi connectivity index (χ2n) is 6.36. The van der Waals surface area contributed by atoms with Gasteiger partial charge in [-0.2, -0.15) is 9.90 Å². The van der Waals surface area contributed by atoms with Gasteiger partial charge in [-0.25, -0.2) is 4.79 Å². The fourth-order valence-corrected chi connectivity index (χ4v) is 3.05. The summed E-state index contributed by atoms with van der Waals surface area (Å²) in [5.74, 6) is 0.756. The Morgan fingerprint density at radius 1 is 1.26 bits per heavy atom. The van der Waals surface area contributed by atoms with Crippen LogP contribution in [0.2, 0.25) is 0 Å². The van der Waals surface area contributed by atoms with Crippen molar-refractivity contribution in [1.82, 2.24) is 19.9 Å². The summed E-state index contributed by atoms with van der Waals surface area (Å²) >= 11 is 0. The Balaban J connectivity index is 1.42. The van der Waals surface area contributed by atoms with Crippen molar-refractivity contribution < 1.29 is 13.9 Å². The maximum atomic E-state index is 12.7. The molecule has 0 radical (unpaired) electrons. The predicted molar refractivity (Wildman–Crippen MR) is 96.0 cm³/mol. The number of benzene rings is 1. The van der Waals surface area contributed by atoms with Crippen LogP contribution < -0.4 is 10.4 Å². The molecule has 0 N–H and O–H groups in total. The van der Waals surface area contributed by atoms with E-state index in [9.17, 15) is 9.59 Å². The second-order valence-corrected chi connectivity index (χ2v) is 6.36. The van der Waals surface area contributed by atoms with Gasteiger partial charge in [0.25, 0.3) is 5.91 Å². The molecule has 1 aliphatic heterocycles. The Morgan fingerprint density at radius 3 is 2.85 bits per heavy atom. The van der Waals surface area contributed by atoms with E-state index in [0.717, 1.165) is 5.69 Å². The molecule has 0 unspecified atom stereocenters. The van der Waals surface area contributed by atoms with Gasteiger partial charge < -0.3 is 14.1 Å². The van der Waals surface area contributed by atoms with Crippen molar-refractivity contribution in [2.45, 2.75) is 19.4 Å². The van der Waals surface area contributed by atoms with E-state index >= 15 is 0 Å². The van der Waals surface area contributed by atoms with Crippen molar-refractivity contribution in [3.8, 4) is 11.4 Å². The molecule has 138 valence electrons. The van der Waals surface area contributed by atoms with Gasteiger partial charge >= 0.3 is 5.63 Å². The first-order valence-corrected chi connectivity index (χ1v) is 8.64. The number of hydrogen-bond acceptors (Lipinski definition) is 6. The van der Waals surface area contributed by atoms with Crippen molar-refractivity contribution in [1.29, 1.82) is 0 Å². The number of aryl methyl sites for hydroxylation is 1. The number of amides is 1. The van der Waals surface area contributed by atoms with Crippen molar-refractivity contribution in [3.05, 3.63) is 70.5 Å². The van der Waals surface area contributed by atoms with Crippen LogP contribution in [-0.2, 0) is 0 Å². The van der Waals surface area contributed by atoms with Crippen molar-refractivity contribution in [2.24, 2.45) is 0 Å². The third-order valence-corrected chi connectivity index (χ3v) is 4.30. The Hall–Kier alpha value is -3.42. The SMILES string of the molecule is Cc1cc(O[C@H]2CCN(C(=O)c3cnn(-c4ccccc4)n3)C2)cc(=O)o1. The van der Waals surface area contributed by atoms with Crippen molar-refractivity contribution >= 4 is 5.91 Å². The van der Waals surface area contributed by atoms with Crippen LogP contribution >= 0.6 is 0 Å². The first-order chi connectivity index (χ1) is 13.1. The smallest absolute Gasteiger partial charge is 0.339 e. The molecule has 0 saturated carbocycles. The lowest BCUT2D eigenvalue weighted by Gasteiger charge is -2.16. The monoisotopic (exact) mass is 366 g/mol. The molecule has 3 heterocycles. The van der Waals surface area contributed by atoms with Crippen LogP contribution in [0.25, 0.3) is 5.69 Å². The number of likely N-dealkylation sites (tertiary alicyclic amines) is 1. The molecular formula is C19H18N4O4. The maximum absolute atomic E-state index is 12.7. The zero-order valence-electron chi connectivity index (χ0n) is 14.7. The van der Waals surface area contributed by atoms with Gasteiger partial charge in [0, 0.05) is 19.0 Å². The molecule has 1 fully saturated rings. The topological polar surface area (TPSA) is 90.5 Å². The first-order valence-electron chi connectivity index (χ1n) is 8.64. The van der Waals surface area contributed by atoms with E-state index in [-0.39, 0.29) is 17.7 Å². The summed E-state index contributed by atoms with van der Waals surface area (Å²) in [7, 11) is 0. The maximum Gasteiger partial charge on any atom is 0.339 e. The zero-order valence-corrected chi connectivity index (χ0v) is 14.7. The fraction of sp³-hybridized carbons (Fsp3) is 0.263. The van der Waals surface area contributed by atoms with E-state index < -0.39 is 5.63 Å². The lowest BCUT2D eigenvalue weighted by atomic mass is 10.3. The molecule has 4 rings (SSSR count). The molecule has 0 spiro atoms. The molecule has 1 aromatic carbocycles. The molecule has 1 saturated heterocycles. The molecule has 0 bridgehead atoms. The third kappa shape index (κ3) is 3.74. The Bertz CT molecular complexity index is 1010. The molecule has 8 nitrogen and oxygen atoms in total. The predicted octanol–water partition coefficient (Wildman–Crippen LogP) is 1.82. The average molecular weight is 366 g/mol. The van der Waals surface area contributed by atoms with E-state index in [2.05, 4.69) is 10.2 Å². The minimum Gasteiger partial charge on any atom is -0.488 e. The molecule has 3 aromatic rings. The fourth-order valence-electron chi connectivity index (χ4n) is 3.05. The average Bonchev–Trinajstić information content (AvgIpc) is 3.31. The van der Waals surface area contributed by atoms with Crippen LogP contribution in [0, 0.1) is 6.92 Å². The van der Waals surface area contributed by atoms with Gasteiger partial charge in [-0.3, -0.25) is 4.79 Å². The highest BCUT2D eigenvalue weighted by Gasteiger charge is 2.30. The van der Waals surface area contributed by atoms with Gasteiger partial charge in [0.05, 0.1) is 24.5 Å². The summed E-state index contributed by atoms with van der Waals surface area (Å²) in [6.45, 7) is 2.67. The van der Waals surface area contributed by atoms with Gasteiger partial charge in [0.15, 0.2) is 5.69 Å². The number of ether oxygens (including phenoxy) is 1. The van der Waals surface area contributed by atoms with Gasteiger partial charge in [-0.15, -0.1) is 5.10 Å². The van der Waals surface area contributed by atoms with Gasteiger partial charge in [-0.05, 0) is 19.1 Å². The third-order valence-electron chi connectivity index (χ3n) is 4.30. The van der Waals surface area contributed by atoms with Crippen LogP contribution in [0.4, 0.5) is 0 Å². The number of carbonyl (C=O) groups excluding carboxylic acids is 1. The normalized spacial score (nSPS) is 16.5. The first kappa shape index (κ1) is 17.0. The number of para-hydroxylation sites is 1. The number of aromatic nitrogens is 3. The van der Waals surface area contributed by atoms with Gasteiger partial charge in [0.1, 0.15) is 17.6 Å². The minimum atomic E-state index is -0.451. The number of rotatable bonds is 4. The molecular weight excluding hydrogens is 348 g/mol. The Morgan fingerprint density at radius 2 is 2.07 bits per heavy atom. The van der Waals surface area contributed by atoms with Gasteiger partial charge in [0.2, 0.25) is 0 Å². The standard InChI is InChI=1S/C19H18N4O4/c1-13-9-16(10-18(24)26-13)27-15-7-8-22(12-15)19(25)17-11-20-23(21-17)14-5-3-2-4-6-14/h2-6,9-11,15H,7-8,12H2,1H3/t15-/m0/s1. The molecule has 1 atom stereocenters. The van der Waals surface area contributed by atoms with E-state index in [0.29, 0.717) is 31.0 Å². The van der Waals surface area contributed by atoms with Crippen LogP contribution in [0.15, 0.2) is 57.9 Å². The van der Waals surface area contributed by atoms with Crippen LogP contribution in [0.3, 0.4) is 0 Å². The van der Waals surface area contributed by atoms with E-state index in [1.54, 1.807) is 17.9 Å². The van der Waals surface area contributed by atoms with Crippen molar-refractivity contribution in [2.75, 3.05) is 13.1 Å². The minimum absolute atomic E-state index is 0.181. The summed E-state index contributed by atoms with van der Waals surface area (Å²) in [6, 6.07) is 12.4. The number of hydrogen-bond donors (Lipinski definition) is 0. The number of carbonyl (C=O) groups is 1. The molecule has 2 aromatic heterocycles. The quantitative estimate of drug-likeness (QED) is 0.700. The highest BCUT2D eigenvalue weighted by molar-refractivity contribution is 5.92. The molecule has 27 heavy (non-hydrogen) atoms. The summed E-state index contributed by atoms with van der Waals surface area (Å²) < 4.78 is 10.8. The van der Waals surface area contributed by atoms with E-state index in [4.69, 9.17) is 9.15 Å². The molecule has 8 heteroatoms. The lowest BCUT2D eigenvalue weighted by Crippen LogP contribution is -2.31. The van der Waals surface area contributed by atoms with Gasteiger partial charge in [-0.1, -0.05) is 18.2 Å². The highest BCUT2D eigenvalue weighted by atomic mass is 16.5. The van der Waals surface area contributed by atoms with Crippen LogP contribution in [0.1, 0.15) is 22.7 Å². The lowest BCUT2D eigenvalue weighted by molar-refractivity contribution is 0.0766. The molecule has 1 aliphatic rings. The highest BCUT2D eigenvalue weighted by Crippen LogP contribution is 2.19. The summed E-state index contributed by atoms with van der Waals surface area (Å²) in [6.07, 6.45) is 1.96. The van der Waals surface area contributed by atoms with Crippen LogP contribution in [-0.4, -0.2) is 45.0 Å². The van der Waals surface area contributed by atoms with Crippen molar-refractivity contribution in [3.63, 3.8) is 0 Å². The zero-order chi connectivity index (χ0) is 18.8. The molecule has 0 aliphatic carbocycles. The van der Waals surface area contributed by atoms with E-state index in [1.807, 2.05) is 30.3 Å². The van der Waals surface area contributed by atoms with Crippen LogP contribution in [0.5, 0.6) is 5.75 Å². The summed E-state index contributed by atoms with van der Waals surface area (Å²) in [5, 5.41) is 8.44. The largest absolute Gasteiger partial charge is 0.488 e. The summed E-state index contributed by atoms with van der Waals surface area (Å²) in [4.78, 5) is 27.2. The Kier molecular flexibility index (Phi) is 4.45. The number of nitrogens with zero attached hydrogens (tertiary/aromatic N) is 4. The van der Waals surface area contributed by atoms with E-state index in [1.165, 1.54) is 17.1 Å². The summed E-state index contributed by atoms with van der Waals surface area (Å²) in [5.41, 5.74) is 0.626. The Labute approximate surface area is 155 Å². The second kappa shape index (κ2) is 7.06.